The van der Waals surface area contributed by atoms with Crippen molar-refractivity contribution < 1.29 is 28.4 Å². The molecule has 5 rings (SSSR count). The lowest BCUT2D eigenvalue weighted by molar-refractivity contribution is -0.420. The summed E-state index contributed by atoms with van der Waals surface area (Å²) in [6.07, 6.45) is 1.21. The molecule has 3 N–H and O–H groups in total. The number of fused-ring (bicyclic) bond motifs is 2. The number of amidine groups is 1. The van der Waals surface area contributed by atoms with Gasteiger partial charge in [-0.15, -0.1) is 0 Å². The van der Waals surface area contributed by atoms with Crippen molar-refractivity contribution in [2.75, 3.05) is 20.8 Å². The Kier molecular flexibility index (Phi) is 7.32. The molecule has 2 aliphatic rings. The molecular formula is C30H32FN4O4+. The number of nitrogens with two attached hydrogens (primary N) is 1. The van der Waals surface area contributed by atoms with Gasteiger partial charge in [-0.05, 0) is 78.8 Å². The van der Waals surface area contributed by atoms with Crippen LogP contribution in [0.1, 0.15) is 58.2 Å². The summed E-state index contributed by atoms with van der Waals surface area (Å²) in [6.45, 7) is 4.49. The molecule has 3 aromatic rings. The van der Waals surface area contributed by atoms with Crippen molar-refractivity contribution in [3.63, 3.8) is 0 Å². The highest BCUT2D eigenvalue weighted by molar-refractivity contribution is 5.96. The number of carbonyl (C=O) groups excluding carboxylic acids is 1. The SMILES string of the molecule is C[NH+]=C(N=NN)c1cc(C)c(-c2ccc(F)c3c2CC[C@H]3Oc2ccc3c(c2)OCC3CC(=O)OC)c(C)c1. The molecule has 0 radical (unpaired) electrons. The molecule has 0 amide bonds. The lowest BCUT2D eigenvalue weighted by Gasteiger charge is -2.19. The fourth-order valence-corrected chi connectivity index (χ4v) is 5.81. The molecule has 8 nitrogen and oxygen atoms in total. The van der Waals surface area contributed by atoms with Crippen LogP contribution in [0, 0.1) is 19.7 Å². The fraction of sp³-hybridized carbons (Fsp3) is 0.333. The van der Waals surface area contributed by atoms with Gasteiger partial charge < -0.3 is 14.2 Å². The summed E-state index contributed by atoms with van der Waals surface area (Å²) in [5, 5.41) is 7.38. The maximum atomic E-state index is 15.3. The minimum Gasteiger partial charge on any atom is -0.492 e. The molecule has 1 unspecified atom stereocenters. The molecule has 1 heterocycles. The molecule has 0 saturated carbocycles. The van der Waals surface area contributed by atoms with Gasteiger partial charge in [-0.1, -0.05) is 12.1 Å². The Balaban J connectivity index is 1.44. The number of nitrogens with zero attached hydrogens (tertiary/aromatic N) is 2. The maximum Gasteiger partial charge on any atom is 0.352 e. The number of carbonyl (C=O) groups is 1. The zero-order valence-corrected chi connectivity index (χ0v) is 22.5. The van der Waals surface area contributed by atoms with Crippen LogP contribution in [0.3, 0.4) is 0 Å². The lowest BCUT2D eigenvalue weighted by atomic mass is 9.89. The summed E-state index contributed by atoms with van der Waals surface area (Å²) in [5.41, 5.74) is 7.55. The van der Waals surface area contributed by atoms with Gasteiger partial charge in [0.25, 0.3) is 0 Å². The number of esters is 1. The second-order valence-electron chi connectivity index (χ2n) is 9.92. The zero-order valence-electron chi connectivity index (χ0n) is 22.5. The Morgan fingerprint density at radius 3 is 2.64 bits per heavy atom. The molecule has 0 bridgehead atoms. The number of hydrogen-bond donors (Lipinski definition) is 2. The summed E-state index contributed by atoms with van der Waals surface area (Å²) >= 11 is 0. The van der Waals surface area contributed by atoms with Gasteiger partial charge in [-0.3, -0.25) is 15.6 Å². The van der Waals surface area contributed by atoms with E-state index in [2.05, 4.69) is 15.3 Å². The van der Waals surface area contributed by atoms with Crippen LogP contribution in [0.2, 0.25) is 0 Å². The van der Waals surface area contributed by atoms with E-state index in [1.807, 2.05) is 50.2 Å². The molecule has 0 saturated heterocycles. The van der Waals surface area contributed by atoms with E-state index in [9.17, 15) is 4.79 Å². The van der Waals surface area contributed by atoms with E-state index < -0.39 is 6.10 Å². The Hall–Kier alpha value is -4.27. The van der Waals surface area contributed by atoms with Crippen LogP contribution in [-0.4, -0.2) is 32.6 Å². The average molecular weight is 532 g/mol. The predicted molar refractivity (Wildman–Crippen MR) is 144 cm³/mol. The van der Waals surface area contributed by atoms with Crippen molar-refractivity contribution in [2.24, 2.45) is 16.2 Å². The monoisotopic (exact) mass is 531 g/mol. The van der Waals surface area contributed by atoms with Gasteiger partial charge in [0, 0.05) is 28.3 Å². The fourth-order valence-electron chi connectivity index (χ4n) is 5.81. The minimum atomic E-state index is -0.417. The molecule has 202 valence electrons. The third-order valence-electron chi connectivity index (χ3n) is 7.54. The summed E-state index contributed by atoms with van der Waals surface area (Å²) in [7, 11) is 3.15. The van der Waals surface area contributed by atoms with Gasteiger partial charge in [-0.25, -0.2) is 4.39 Å². The number of nitrogens with one attached hydrogen (secondary N) is 1. The first-order chi connectivity index (χ1) is 18.8. The average Bonchev–Trinajstić information content (AvgIpc) is 3.52. The van der Waals surface area contributed by atoms with E-state index in [4.69, 9.17) is 20.1 Å². The molecule has 3 aromatic carbocycles. The van der Waals surface area contributed by atoms with Gasteiger partial charge in [0.2, 0.25) is 0 Å². The molecule has 1 aliphatic heterocycles. The summed E-state index contributed by atoms with van der Waals surface area (Å²) < 4.78 is 32.2. The second kappa shape index (κ2) is 10.8. The van der Waals surface area contributed by atoms with Crippen LogP contribution in [0.5, 0.6) is 11.5 Å². The van der Waals surface area contributed by atoms with Gasteiger partial charge in [-0.2, -0.15) is 0 Å². The van der Waals surface area contributed by atoms with Crippen molar-refractivity contribution in [3.05, 3.63) is 81.7 Å². The van der Waals surface area contributed by atoms with E-state index in [0.29, 0.717) is 42.3 Å². The van der Waals surface area contributed by atoms with E-state index >= 15 is 4.39 Å². The highest BCUT2D eigenvalue weighted by Crippen LogP contribution is 2.45. The van der Waals surface area contributed by atoms with Gasteiger partial charge >= 0.3 is 11.8 Å². The standard InChI is InChI=1S/C30H31FN4O4/c1-16-11-18(30(33-3)34-35-32)12-17(2)28(16)22-7-9-24(31)29-23(22)8-10-25(29)39-20-5-6-21-19(13-27(36)37-4)15-38-26(21)14-20/h5-7,9,11-12,14,19,25H,8,10,13,15H2,1-4H3,(H2,32,33,34)/p+1/t19?,25-/m1/s1. The van der Waals surface area contributed by atoms with Crippen molar-refractivity contribution >= 4 is 11.8 Å². The predicted octanol–water partition coefficient (Wildman–Crippen LogP) is 4.00. The van der Waals surface area contributed by atoms with Crippen LogP contribution < -0.4 is 20.3 Å². The number of aryl methyl sites for hydroxylation is 2. The molecule has 0 spiro atoms. The Morgan fingerprint density at radius 2 is 1.95 bits per heavy atom. The second-order valence-corrected chi connectivity index (χ2v) is 9.92. The number of ether oxygens (including phenoxy) is 3. The Bertz CT molecular complexity index is 1480. The highest BCUT2D eigenvalue weighted by Gasteiger charge is 2.32. The maximum absolute atomic E-state index is 15.3. The Labute approximate surface area is 226 Å². The van der Waals surface area contributed by atoms with Gasteiger partial charge in [0.05, 0.1) is 37.9 Å². The van der Waals surface area contributed by atoms with Crippen LogP contribution in [0.15, 0.2) is 52.8 Å². The van der Waals surface area contributed by atoms with Crippen molar-refractivity contribution in [2.45, 2.75) is 45.1 Å². The third-order valence-corrected chi connectivity index (χ3v) is 7.54. The molecule has 0 fully saturated rings. The zero-order chi connectivity index (χ0) is 27.7. The molecule has 9 heteroatoms. The number of hydrogen-bond acceptors (Lipinski definition) is 5. The quantitative estimate of drug-likeness (QED) is 0.125. The van der Waals surface area contributed by atoms with Crippen LogP contribution in [0.4, 0.5) is 4.39 Å². The molecule has 1 aliphatic carbocycles. The Morgan fingerprint density at radius 1 is 1.18 bits per heavy atom. The van der Waals surface area contributed by atoms with Crippen LogP contribution in [-0.2, 0) is 16.0 Å². The first kappa shape index (κ1) is 26.3. The van der Waals surface area contributed by atoms with E-state index in [1.54, 1.807) is 7.05 Å². The summed E-state index contributed by atoms with van der Waals surface area (Å²) in [4.78, 5) is 14.7. The van der Waals surface area contributed by atoms with Crippen LogP contribution >= 0.6 is 0 Å². The third kappa shape index (κ3) is 4.96. The number of rotatable bonds is 6. The molecule has 0 aromatic heterocycles. The topological polar surface area (TPSA) is 109 Å². The van der Waals surface area contributed by atoms with Crippen molar-refractivity contribution in [1.82, 2.24) is 0 Å². The summed E-state index contributed by atoms with van der Waals surface area (Å²) in [5.74, 6) is 6.54. The van der Waals surface area contributed by atoms with E-state index in [-0.39, 0.29) is 24.1 Å². The largest absolute Gasteiger partial charge is 0.492 e. The first-order valence-electron chi connectivity index (χ1n) is 12.9. The lowest BCUT2D eigenvalue weighted by Crippen LogP contribution is -2.67. The summed E-state index contributed by atoms with van der Waals surface area (Å²) in [6, 6.07) is 13.0. The molecule has 39 heavy (non-hydrogen) atoms. The normalized spacial score (nSPS) is 18.1. The number of methoxy groups -OCH3 is 1. The van der Waals surface area contributed by atoms with E-state index in [0.717, 1.165) is 38.9 Å². The smallest absolute Gasteiger partial charge is 0.352 e. The van der Waals surface area contributed by atoms with Crippen molar-refractivity contribution in [3.8, 4) is 22.6 Å². The van der Waals surface area contributed by atoms with Crippen molar-refractivity contribution in [1.29, 1.82) is 0 Å². The van der Waals surface area contributed by atoms with Gasteiger partial charge in [0.1, 0.15) is 23.4 Å². The number of benzene rings is 3. The van der Waals surface area contributed by atoms with E-state index in [1.165, 1.54) is 13.2 Å². The molecule has 2 atom stereocenters. The van der Waals surface area contributed by atoms with Crippen LogP contribution in [0.25, 0.3) is 11.1 Å². The number of halogens is 1. The first-order valence-corrected chi connectivity index (χ1v) is 12.9. The van der Waals surface area contributed by atoms with Gasteiger partial charge in [0.15, 0.2) is 0 Å². The molecular weight excluding hydrogens is 499 g/mol. The highest BCUT2D eigenvalue weighted by atomic mass is 19.1. The minimum absolute atomic E-state index is 0.0493.